The summed E-state index contributed by atoms with van der Waals surface area (Å²) in [5.74, 6) is -0.256. The number of pyridine rings is 1. The lowest BCUT2D eigenvalue weighted by atomic mass is 9.79. The van der Waals surface area contributed by atoms with Gasteiger partial charge in [-0.2, -0.15) is 0 Å². The van der Waals surface area contributed by atoms with Crippen LogP contribution >= 0.6 is 0 Å². The van der Waals surface area contributed by atoms with E-state index in [4.69, 9.17) is 14.0 Å². The Balaban J connectivity index is 1.77. The minimum absolute atomic E-state index is 0.256. The lowest BCUT2D eigenvalue weighted by Crippen LogP contribution is -2.41. The SMILES string of the molecule is CC(C)(C)OC(=O)NCCCCNC(=O)c1cc(B2OC(C)(C)C(C)(C)O2)ccn1. The summed E-state index contributed by atoms with van der Waals surface area (Å²) in [6.45, 7) is 14.4. The largest absolute Gasteiger partial charge is 0.494 e. The van der Waals surface area contributed by atoms with E-state index in [0.717, 1.165) is 18.3 Å². The Morgan fingerprint density at radius 1 is 1.07 bits per heavy atom. The number of hydrogen-bond donors (Lipinski definition) is 2. The molecule has 0 unspecified atom stereocenters. The van der Waals surface area contributed by atoms with Crippen LogP contribution in [0.4, 0.5) is 4.79 Å². The highest BCUT2D eigenvalue weighted by molar-refractivity contribution is 6.62. The summed E-state index contributed by atoms with van der Waals surface area (Å²) in [5.41, 5.74) is -0.336. The van der Waals surface area contributed by atoms with Crippen LogP contribution in [0.3, 0.4) is 0 Å². The number of unbranched alkanes of at least 4 members (excludes halogenated alkanes) is 1. The first-order chi connectivity index (χ1) is 13.8. The Bertz CT molecular complexity index is 745. The quantitative estimate of drug-likeness (QED) is 0.520. The molecule has 2 N–H and O–H groups in total. The van der Waals surface area contributed by atoms with Crippen molar-refractivity contribution >= 4 is 24.6 Å². The maximum Gasteiger partial charge on any atom is 0.494 e. The molecule has 30 heavy (non-hydrogen) atoms. The van der Waals surface area contributed by atoms with Gasteiger partial charge in [0.25, 0.3) is 5.91 Å². The van der Waals surface area contributed by atoms with E-state index in [9.17, 15) is 9.59 Å². The van der Waals surface area contributed by atoms with E-state index in [0.29, 0.717) is 18.8 Å². The van der Waals surface area contributed by atoms with Crippen LogP contribution in [0.5, 0.6) is 0 Å². The van der Waals surface area contributed by atoms with Crippen molar-refractivity contribution in [1.82, 2.24) is 15.6 Å². The third-order valence-corrected chi connectivity index (χ3v) is 5.10. The maximum absolute atomic E-state index is 12.4. The summed E-state index contributed by atoms with van der Waals surface area (Å²) in [7, 11) is -0.538. The summed E-state index contributed by atoms with van der Waals surface area (Å²) in [6, 6.07) is 3.49. The van der Waals surface area contributed by atoms with E-state index in [2.05, 4.69) is 15.6 Å². The molecule has 1 aromatic rings. The van der Waals surface area contributed by atoms with Crippen molar-refractivity contribution in [3.05, 3.63) is 24.0 Å². The van der Waals surface area contributed by atoms with Gasteiger partial charge in [-0.25, -0.2) is 4.79 Å². The topological polar surface area (TPSA) is 98.8 Å². The molecule has 2 rings (SSSR count). The normalized spacial score (nSPS) is 17.5. The van der Waals surface area contributed by atoms with E-state index in [1.165, 1.54) is 0 Å². The smallest absolute Gasteiger partial charge is 0.444 e. The van der Waals surface area contributed by atoms with Crippen molar-refractivity contribution < 1.29 is 23.6 Å². The van der Waals surface area contributed by atoms with Gasteiger partial charge in [0.1, 0.15) is 11.3 Å². The predicted octanol–water partition coefficient (Wildman–Crippen LogP) is 2.42. The average Bonchev–Trinajstić information content (AvgIpc) is 2.84. The molecule has 8 nitrogen and oxygen atoms in total. The van der Waals surface area contributed by atoms with Crippen molar-refractivity contribution in [2.75, 3.05) is 13.1 Å². The highest BCUT2D eigenvalue weighted by Crippen LogP contribution is 2.36. The van der Waals surface area contributed by atoms with Crippen LogP contribution in [-0.4, -0.2) is 54.0 Å². The molecule has 1 fully saturated rings. The van der Waals surface area contributed by atoms with Gasteiger partial charge in [0.2, 0.25) is 0 Å². The van der Waals surface area contributed by atoms with Crippen LogP contribution in [0.1, 0.15) is 71.8 Å². The van der Waals surface area contributed by atoms with Crippen molar-refractivity contribution in [2.45, 2.75) is 78.1 Å². The van der Waals surface area contributed by atoms with E-state index < -0.39 is 30.0 Å². The lowest BCUT2D eigenvalue weighted by Gasteiger charge is -2.32. The number of aromatic nitrogens is 1. The van der Waals surface area contributed by atoms with Gasteiger partial charge in [-0.15, -0.1) is 0 Å². The molecule has 1 aromatic heterocycles. The summed E-state index contributed by atoms with van der Waals surface area (Å²) in [4.78, 5) is 28.2. The van der Waals surface area contributed by atoms with Gasteiger partial charge < -0.3 is 24.7 Å². The molecule has 0 spiro atoms. The van der Waals surface area contributed by atoms with Crippen molar-refractivity contribution in [3.63, 3.8) is 0 Å². The molecule has 1 aliphatic rings. The molecule has 0 aromatic carbocycles. The van der Waals surface area contributed by atoms with Gasteiger partial charge in [-0.3, -0.25) is 9.78 Å². The molecular weight excluding hydrogens is 385 g/mol. The second-order valence-electron chi connectivity index (χ2n) is 9.45. The lowest BCUT2D eigenvalue weighted by molar-refractivity contribution is 0.00578. The average molecular weight is 419 g/mol. The summed E-state index contributed by atoms with van der Waals surface area (Å²) in [5, 5.41) is 5.55. The Hall–Kier alpha value is -2.13. The molecule has 0 bridgehead atoms. The first-order valence-corrected chi connectivity index (χ1v) is 10.4. The van der Waals surface area contributed by atoms with Gasteiger partial charge in [-0.05, 0) is 78.9 Å². The maximum atomic E-state index is 12.4. The zero-order valence-electron chi connectivity index (χ0n) is 19.1. The summed E-state index contributed by atoms with van der Waals surface area (Å²) < 4.78 is 17.2. The Morgan fingerprint density at radius 3 is 2.20 bits per heavy atom. The zero-order valence-corrected chi connectivity index (χ0v) is 19.1. The van der Waals surface area contributed by atoms with E-state index in [1.54, 1.807) is 18.3 Å². The molecule has 0 aliphatic carbocycles. The fraction of sp³-hybridized carbons (Fsp3) is 0.667. The number of alkyl carbamates (subject to hydrolysis) is 1. The number of ether oxygens (including phenoxy) is 1. The number of rotatable bonds is 7. The number of hydrogen-bond acceptors (Lipinski definition) is 6. The Morgan fingerprint density at radius 2 is 1.63 bits per heavy atom. The number of carbonyl (C=O) groups excluding carboxylic acids is 2. The van der Waals surface area contributed by atoms with Crippen molar-refractivity contribution in [2.24, 2.45) is 0 Å². The van der Waals surface area contributed by atoms with Crippen LogP contribution < -0.4 is 16.1 Å². The standard InChI is InChI=1S/C21H34BN3O5/c1-19(2,3)28-18(27)25-12-9-8-11-24-17(26)16-14-15(10-13-23-16)22-29-20(4,5)21(6,7)30-22/h10,13-14H,8-9,11-12H2,1-7H3,(H,24,26)(H,25,27). The van der Waals surface area contributed by atoms with Crippen LogP contribution in [-0.2, 0) is 14.0 Å². The van der Waals surface area contributed by atoms with Crippen LogP contribution in [0.2, 0.25) is 0 Å². The van der Waals surface area contributed by atoms with Crippen LogP contribution in [0, 0.1) is 0 Å². The molecule has 0 saturated carbocycles. The molecule has 166 valence electrons. The van der Waals surface area contributed by atoms with Crippen molar-refractivity contribution in [1.29, 1.82) is 0 Å². The van der Waals surface area contributed by atoms with E-state index in [-0.39, 0.29) is 5.91 Å². The molecule has 9 heteroatoms. The van der Waals surface area contributed by atoms with Crippen LogP contribution in [0.25, 0.3) is 0 Å². The second kappa shape index (κ2) is 9.35. The van der Waals surface area contributed by atoms with Gasteiger partial charge >= 0.3 is 13.2 Å². The van der Waals surface area contributed by atoms with Gasteiger partial charge in [0.05, 0.1) is 11.2 Å². The summed E-state index contributed by atoms with van der Waals surface area (Å²) >= 11 is 0. The minimum atomic E-state index is -0.538. The number of carbonyl (C=O) groups is 2. The fourth-order valence-corrected chi connectivity index (χ4v) is 2.74. The van der Waals surface area contributed by atoms with E-state index in [1.807, 2.05) is 48.5 Å². The molecule has 0 atom stereocenters. The highest BCUT2D eigenvalue weighted by atomic mass is 16.7. The van der Waals surface area contributed by atoms with Gasteiger partial charge in [0, 0.05) is 19.3 Å². The molecule has 2 amide bonds. The number of amides is 2. The van der Waals surface area contributed by atoms with Gasteiger partial charge in [-0.1, -0.05) is 0 Å². The predicted molar refractivity (Wildman–Crippen MR) is 116 cm³/mol. The monoisotopic (exact) mass is 419 g/mol. The van der Waals surface area contributed by atoms with Gasteiger partial charge in [0.15, 0.2) is 0 Å². The highest BCUT2D eigenvalue weighted by Gasteiger charge is 2.51. The van der Waals surface area contributed by atoms with E-state index >= 15 is 0 Å². The Labute approximate surface area is 179 Å². The number of nitrogens with one attached hydrogen (secondary N) is 2. The summed E-state index contributed by atoms with van der Waals surface area (Å²) in [6.07, 6.45) is 2.59. The first-order valence-electron chi connectivity index (χ1n) is 10.4. The minimum Gasteiger partial charge on any atom is -0.444 e. The Kier molecular flexibility index (Phi) is 7.52. The zero-order chi connectivity index (χ0) is 22.6. The fourth-order valence-electron chi connectivity index (χ4n) is 2.74. The third kappa shape index (κ3) is 6.70. The third-order valence-electron chi connectivity index (χ3n) is 5.10. The second-order valence-corrected chi connectivity index (χ2v) is 9.45. The molecule has 2 heterocycles. The van der Waals surface area contributed by atoms with Crippen LogP contribution in [0.15, 0.2) is 18.3 Å². The molecule has 0 radical (unpaired) electrons. The first kappa shape index (κ1) is 24.1. The number of nitrogens with zero attached hydrogens (tertiary/aromatic N) is 1. The van der Waals surface area contributed by atoms with Crippen molar-refractivity contribution in [3.8, 4) is 0 Å². The molecule has 1 aliphatic heterocycles. The molecule has 1 saturated heterocycles. The molecular formula is C21H34BN3O5.